The molecule has 74 valence electrons. The van der Waals surface area contributed by atoms with Gasteiger partial charge in [-0.15, -0.1) is 0 Å². The average molecular weight is 184 g/mol. The maximum atomic E-state index is 11.5. The summed E-state index contributed by atoms with van der Waals surface area (Å²) < 4.78 is 5.08. The topological polar surface area (TPSA) is 46.5 Å². The van der Waals surface area contributed by atoms with Gasteiger partial charge in [0.15, 0.2) is 5.76 Å². The quantitative estimate of drug-likeness (QED) is 0.715. The number of allylic oxidation sites excluding steroid dienone is 2. The van der Waals surface area contributed by atoms with Crippen molar-refractivity contribution in [1.29, 1.82) is 0 Å². The number of hydrogen-bond donors (Lipinski definition) is 1. The molecule has 0 bridgehead atoms. The fraction of sp³-hybridized carbons (Fsp3) is 0.700. The first kappa shape index (κ1) is 10.1. The normalized spacial score (nSPS) is 21.9. The molecule has 0 aromatic rings. The molecule has 0 aromatic carbocycles. The highest BCUT2D eigenvalue weighted by Crippen LogP contribution is 2.35. The Morgan fingerprint density at radius 1 is 1.46 bits per heavy atom. The lowest BCUT2D eigenvalue weighted by Gasteiger charge is -2.28. The molecular formula is C10H16O3. The van der Waals surface area contributed by atoms with Crippen molar-refractivity contribution in [3.63, 3.8) is 0 Å². The predicted molar refractivity (Wildman–Crippen MR) is 49.3 cm³/mol. The van der Waals surface area contributed by atoms with Gasteiger partial charge in [0.25, 0.3) is 0 Å². The summed E-state index contributed by atoms with van der Waals surface area (Å²) in [6.45, 7) is 6.15. The van der Waals surface area contributed by atoms with E-state index in [1.807, 2.05) is 13.8 Å². The molecule has 1 aliphatic rings. The molecule has 0 radical (unpaired) electrons. The summed E-state index contributed by atoms with van der Waals surface area (Å²) in [5.74, 6) is 0.181. The van der Waals surface area contributed by atoms with E-state index in [1.165, 1.54) is 0 Å². The summed E-state index contributed by atoms with van der Waals surface area (Å²) in [4.78, 5) is 11.5. The maximum Gasteiger partial charge on any atom is 0.201 e. The average Bonchev–Trinajstić information content (AvgIpc) is 1.94. The Labute approximate surface area is 78.4 Å². The van der Waals surface area contributed by atoms with Crippen molar-refractivity contribution in [3.8, 4) is 0 Å². The Bertz CT molecular complexity index is 251. The molecule has 0 spiro atoms. The minimum atomic E-state index is -0.137. The molecular weight excluding hydrogens is 168 g/mol. The zero-order valence-electron chi connectivity index (χ0n) is 8.39. The van der Waals surface area contributed by atoms with Crippen molar-refractivity contribution in [2.75, 3.05) is 6.61 Å². The SMILES string of the molecule is CCOC1=C(O)CC(C)(C)CC1=O. The Kier molecular flexibility index (Phi) is 2.64. The van der Waals surface area contributed by atoms with Crippen LogP contribution >= 0.6 is 0 Å². The lowest BCUT2D eigenvalue weighted by atomic mass is 9.79. The fourth-order valence-electron chi connectivity index (χ4n) is 1.58. The Balaban J connectivity index is 2.88. The smallest absolute Gasteiger partial charge is 0.201 e. The van der Waals surface area contributed by atoms with Crippen molar-refractivity contribution in [3.05, 3.63) is 11.5 Å². The Morgan fingerprint density at radius 3 is 2.54 bits per heavy atom. The third-order valence-corrected chi connectivity index (χ3v) is 2.09. The van der Waals surface area contributed by atoms with Crippen LogP contribution in [0.5, 0.6) is 0 Å². The third-order valence-electron chi connectivity index (χ3n) is 2.09. The van der Waals surface area contributed by atoms with Crippen molar-refractivity contribution < 1.29 is 14.6 Å². The molecule has 0 fully saturated rings. The van der Waals surface area contributed by atoms with E-state index >= 15 is 0 Å². The van der Waals surface area contributed by atoms with E-state index in [-0.39, 0.29) is 22.7 Å². The standard InChI is InChI=1S/C10H16O3/c1-4-13-9-7(11)5-10(2,3)6-8(9)12/h11H,4-6H2,1-3H3. The number of ketones is 1. The van der Waals surface area contributed by atoms with Crippen LogP contribution in [-0.4, -0.2) is 17.5 Å². The molecule has 0 unspecified atom stereocenters. The van der Waals surface area contributed by atoms with Crippen LogP contribution in [0, 0.1) is 5.41 Å². The van der Waals surface area contributed by atoms with Gasteiger partial charge in [-0.25, -0.2) is 0 Å². The van der Waals surface area contributed by atoms with E-state index in [0.29, 0.717) is 19.4 Å². The van der Waals surface area contributed by atoms with Crippen LogP contribution in [0.15, 0.2) is 11.5 Å². The molecule has 13 heavy (non-hydrogen) atoms. The second-order valence-corrected chi connectivity index (χ2v) is 4.15. The van der Waals surface area contributed by atoms with Crippen LogP contribution < -0.4 is 0 Å². The number of ether oxygens (including phenoxy) is 1. The number of aliphatic hydroxyl groups excluding tert-OH is 1. The van der Waals surface area contributed by atoms with Crippen molar-refractivity contribution in [1.82, 2.24) is 0 Å². The highest BCUT2D eigenvalue weighted by molar-refractivity contribution is 5.95. The number of carbonyl (C=O) groups is 1. The minimum Gasteiger partial charge on any atom is -0.508 e. The maximum absolute atomic E-state index is 11.5. The zero-order valence-corrected chi connectivity index (χ0v) is 8.39. The largest absolute Gasteiger partial charge is 0.508 e. The Hall–Kier alpha value is -0.990. The van der Waals surface area contributed by atoms with E-state index in [2.05, 4.69) is 0 Å². The number of Topliss-reactive ketones (excluding diaryl/α,β-unsaturated/α-hetero) is 1. The van der Waals surface area contributed by atoms with E-state index in [0.717, 1.165) is 0 Å². The predicted octanol–water partition coefficient (Wildman–Crippen LogP) is 2.18. The van der Waals surface area contributed by atoms with E-state index < -0.39 is 0 Å². The number of rotatable bonds is 2. The lowest BCUT2D eigenvalue weighted by Crippen LogP contribution is -2.26. The minimum absolute atomic E-state index is 0.0874. The molecule has 0 aliphatic heterocycles. The van der Waals surface area contributed by atoms with E-state index in [1.54, 1.807) is 6.92 Å². The van der Waals surface area contributed by atoms with Crippen LogP contribution in [0.3, 0.4) is 0 Å². The monoisotopic (exact) mass is 184 g/mol. The highest BCUT2D eigenvalue weighted by Gasteiger charge is 2.33. The van der Waals surface area contributed by atoms with E-state index in [4.69, 9.17) is 4.74 Å². The van der Waals surface area contributed by atoms with Gasteiger partial charge in [0.2, 0.25) is 5.78 Å². The molecule has 0 saturated heterocycles. The molecule has 0 atom stereocenters. The number of carbonyl (C=O) groups excluding carboxylic acids is 1. The first-order valence-corrected chi connectivity index (χ1v) is 4.54. The van der Waals surface area contributed by atoms with Crippen LogP contribution in [0.2, 0.25) is 0 Å². The third kappa shape index (κ3) is 2.23. The van der Waals surface area contributed by atoms with Gasteiger partial charge >= 0.3 is 0 Å². The fourth-order valence-corrected chi connectivity index (χ4v) is 1.58. The summed E-state index contributed by atoms with van der Waals surface area (Å²) in [7, 11) is 0. The van der Waals surface area contributed by atoms with Gasteiger partial charge in [-0.1, -0.05) is 13.8 Å². The first-order valence-electron chi connectivity index (χ1n) is 4.54. The zero-order chi connectivity index (χ0) is 10.1. The second-order valence-electron chi connectivity index (χ2n) is 4.15. The summed E-state index contributed by atoms with van der Waals surface area (Å²) in [5.41, 5.74) is -0.137. The molecule has 1 rings (SSSR count). The summed E-state index contributed by atoms with van der Waals surface area (Å²) in [5, 5.41) is 9.54. The van der Waals surface area contributed by atoms with Gasteiger partial charge in [-0.3, -0.25) is 4.79 Å². The number of aliphatic hydroxyl groups is 1. The molecule has 1 N–H and O–H groups in total. The molecule has 0 amide bonds. The molecule has 0 heterocycles. The van der Waals surface area contributed by atoms with E-state index in [9.17, 15) is 9.90 Å². The number of hydrogen-bond acceptors (Lipinski definition) is 3. The van der Waals surface area contributed by atoms with Crippen molar-refractivity contribution >= 4 is 5.78 Å². The Morgan fingerprint density at radius 2 is 2.08 bits per heavy atom. The molecule has 3 heteroatoms. The summed E-state index contributed by atoms with van der Waals surface area (Å²) in [6, 6.07) is 0. The summed E-state index contributed by atoms with van der Waals surface area (Å²) in [6.07, 6.45) is 0.973. The first-order chi connectivity index (χ1) is 5.96. The van der Waals surface area contributed by atoms with Crippen LogP contribution in [0.1, 0.15) is 33.6 Å². The van der Waals surface area contributed by atoms with Gasteiger partial charge in [0, 0.05) is 12.8 Å². The molecule has 0 saturated carbocycles. The van der Waals surface area contributed by atoms with Crippen molar-refractivity contribution in [2.24, 2.45) is 5.41 Å². The van der Waals surface area contributed by atoms with Gasteiger partial charge in [0.05, 0.1) is 6.61 Å². The molecule has 1 aliphatic carbocycles. The lowest BCUT2D eigenvalue weighted by molar-refractivity contribution is -0.122. The molecule has 0 aromatic heterocycles. The van der Waals surface area contributed by atoms with Crippen molar-refractivity contribution in [2.45, 2.75) is 33.6 Å². The summed E-state index contributed by atoms with van der Waals surface area (Å²) >= 11 is 0. The second kappa shape index (κ2) is 3.40. The van der Waals surface area contributed by atoms with Gasteiger partial charge in [-0.05, 0) is 12.3 Å². The van der Waals surface area contributed by atoms with Gasteiger partial charge in [0.1, 0.15) is 5.76 Å². The highest BCUT2D eigenvalue weighted by atomic mass is 16.5. The van der Waals surface area contributed by atoms with Crippen LogP contribution in [0.4, 0.5) is 0 Å². The van der Waals surface area contributed by atoms with Gasteiger partial charge < -0.3 is 9.84 Å². The van der Waals surface area contributed by atoms with Gasteiger partial charge in [-0.2, -0.15) is 0 Å². The van der Waals surface area contributed by atoms with Crippen LogP contribution in [0.25, 0.3) is 0 Å². The van der Waals surface area contributed by atoms with Crippen LogP contribution in [-0.2, 0) is 9.53 Å². The molecule has 3 nitrogen and oxygen atoms in total.